The van der Waals surface area contributed by atoms with Gasteiger partial charge in [0, 0.05) is 30.1 Å². The van der Waals surface area contributed by atoms with Gasteiger partial charge in [-0.15, -0.1) is 0 Å². The van der Waals surface area contributed by atoms with E-state index in [0.717, 1.165) is 15.8 Å². The number of nitro benzene ring substituents is 1. The lowest BCUT2D eigenvalue weighted by Gasteiger charge is -2.20. The van der Waals surface area contributed by atoms with Gasteiger partial charge in [-0.2, -0.15) is 0 Å². The Bertz CT molecular complexity index is 1230. The van der Waals surface area contributed by atoms with Crippen molar-refractivity contribution >= 4 is 38.3 Å². The third kappa shape index (κ3) is 3.96. The predicted octanol–water partition coefficient (Wildman–Crippen LogP) is 4.46. The molecule has 2 aromatic heterocycles. The van der Waals surface area contributed by atoms with Crippen molar-refractivity contribution in [1.82, 2.24) is 9.97 Å². The number of nitrogens with zero attached hydrogens (tertiary/aromatic N) is 4. The number of carbonyl (C=O) groups excluding carboxylic acids is 1. The first-order valence-corrected chi connectivity index (χ1v) is 9.76. The maximum absolute atomic E-state index is 13.3. The number of aromatic nitrogens is 2. The van der Waals surface area contributed by atoms with Crippen LogP contribution in [0.15, 0.2) is 67.0 Å². The molecule has 4 aromatic rings. The summed E-state index contributed by atoms with van der Waals surface area (Å²) in [6, 6.07) is 14.8. The molecule has 9 heteroatoms. The summed E-state index contributed by atoms with van der Waals surface area (Å²) in [6.45, 7) is 0.228. The average Bonchev–Trinajstić information content (AvgIpc) is 3.20. The van der Waals surface area contributed by atoms with E-state index in [1.807, 2.05) is 18.2 Å². The van der Waals surface area contributed by atoms with Crippen LogP contribution >= 0.6 is 11.3 Å². The highest BCUT2D eigenvalue weighted by Crippen LogP contribution is 2.33. The number of anilines is 1. The summed E-state index contributed by atoms with van der Waals surface area (Å²) in [5, 5.41) is 11.6. The normalized spacial score (nSPS) is 10.7. The largest absolute Gasteiger partial charge is 0.497 e. The van der Waals surface area contributed by atoms with E-state index in [1.165, 1.54) is 34.4 Å². The zero-order valence-corrected chi connectivity index (χ0v) is 16.7. The lowest BCUT2D eigenvalue weighted by Crippen LogP contribution is -2.30. The van der Waals surface area contributed by atoms with E-state index in [0.29, 0.717) is 10.9 Å². The summed E-state index contributed by atoms with van der Waals surface area (Å²) in [6.07, 6.45) is 3.32. The summed E-state index contributed by atoms with van der Waals surface area (Å²) in [7, 11) is 1.59. The number of carbonyl (C=O) groups is 1. The van der Waals surface area contributed by atoms with Gasteiger partial charge in [-0.1, -0.05) is 23.5 Å². The van der Waals surface area contributed by atoms with E-state index in [-0.39, 0.29) is 23.7 Å². The number of hydrogen-bond acceptors (Lipinski definition) is 7. The molecular weight excluding hydrogens is 404 g/mol. The number of thiazole rings is 1. The molecule has 0 aliphatic heterocycles. The minimum Gasteiger partial charge on any atom is -0.497 e. The lowest BCUT2D eigenvalue weighted by molar-refractivity contribution is -0.384. The van der Waals surface area contributed by atoms with E-state index in [1.54, 1.807) is 37.7 Å². The number of nitro groups is 1. The number of amides is 1. The standard InChI is InChI=1S/C21H16N4O4S/c1-29-17-7-8-18-19(11-17)30-21(23-18)24(13-14-4-3-9-22-12-14)20(26)15-5-2-6-16(10-15)25(27)28/h2-12H,13H2,1H3. The summed E-state index contributed by atoms with van der Waals surface area (Å²) in [4.78, 5) is 34.2. The van der Waals surface area contributed by atoms with E-state index in [2.05, 4.69) is 9.97 Å². The van der Waals surface area contributed by atoms with Crippen molar-refractivity contribution in [2.45, 2.75) is 6.54 Å². The number of benzene rings is 2. The summed E-state index contributed by atoms with van der Waals surface area (Å²) >= 11 is 1.35. The number of methoxy groups -OCH3 is 1. The Morgan fingerprint density at radius 1 is 1.20 bits per heavy atom. The minimum atomic E-state index is -0.522. The molecule has 0 atom stereocenters. The van der Waals surface area contributed by atoms with Crippen LogP contribution in [0.1, 0.15) is 15.9 Å². The Labute approximate surface area is 175 Å². The number of non-ortho nitro benzene ring substituents is 1. The van der Waals surface area contributed by atoms with Gasteiger partial charge in [0.05, 0.1) is 28.8 Å². The summed E-state index contributed by atoms with van der Waals surface area (Å²) < 4.78 is 6.13. The first-order valence-electron chi connectivity index (χ1n) is 8.95. The Balaban J connectivity index is 1.77. The van der Waals surface area contributed by atoms with Gasteiger partial charge in [0.1, 0.15) is 5.75 Å². The number of fused-ring (bicyclic) bond motifs is 1. The van der Waals surface area contributed by atoms with E-state index < -0.39 is 4.92 Å². The zero-order valence-electron chi connectivity index (χ0n) is 15.9. The molecule has 0 aliphatic rings. The van der Waals surface area contributed by atoms with E-state index in [4.69, 9.17) is 4.74 Å². The Hall–Kier alpha value is -3.85. The number of rotatable bonds is 6. The minimum absolute atomic E-state index is 0.142. The molecule has 30 heavy (non-hydrogen) atoms. The van der Waals surface area contributed by atoms with Crippen molar-refractivity contribution in [3.05, 3.63) is 88.2 Å². The third-order valence-electron chi connectivity index (χ3n) is 4.43. The molecule has 0 saturated carbocycles. The highest BCUT2D eigenvalue weighted by Gasteiger charge is 2.23. The molecule has 0 aliphatic carbocycles. The summed E-state index contributed by atoms with van der Waals surface area (Å²) in [5.41, 5.74) is 1.62. The fraction of sp³-hybridized carbons (Fsp3) is 0.0952. The van der Waals surface area contributed by atoms with Gasteiger partial charge in [0.2, 0.25) is 0 Å². The highest BCUT2D eigenvalue weighted by atomic mass is 32.1. The quantitative estimate of drug-likeness (QED) is 0.337. The van der Waals surface area contributed by atoms with Crippen LogP contribution in [0.25, 0.3) is 10.2 Å². The number of pyridine rings is 1. The molecule has 0 saturated heterocycles. The maximum atomic E-state index is 13.3. The fourth-order valence-corrected chi connectivity index (χ4v) is 3.94. The Morgan fingerprint density at radius 2 is 2.07 bits per heavy atom. The average molecular weight is 420 g/mol. The van der Waals surface area contributed by atoms with Crippen molar-refractivity contribution in [3.8, 4) is 5.75 Å². The van der Waals surface area contributed by atoms with Crippen LogP contribution in [-0.4, -0.2) is 27.9 Å². The molecule has 1 amide bonds. The van der Waals surface area contributed by atoms with Crippen LogP contribution in [0, 0.1) is 10.1 Å². The van der Waals surface area contributed by atoms with Crippen LogP contribution < -0.4 is 9.64 Å². The van der Waals surface area contributed by atoms with Gasteiger partial charge < -0.3 is 4.74 Å². The molecule has 4 rings (SSSR count). The Kier molecular flexibility index (Phi) is 5.36. The van der Waals surface area contributed by atoms with Crippen molar-refractivity contribution in [1.29, 1.82) is 0 Å². The molecule has 0 bridgehead atoms. The molecule has 2 aromatic carbocycles. The molecular formula is C21H16N4O4S. The molecule has 0 spiro atoms. The SMILES string of the molecule is COc1ccc2nc(N(Cc3cccnc3)C(=O)c3cccc([N+](=O)[O-])c3)sc2c1. The highest BCUT2D eigenvalue weighted by molar-refractivity contribution is 7.22. The fourth-order valence-electron chi connectivity index (χ4n) is 2.94. The number of ether oxygens (including phenoxy) is 1. The van der Waals surface area contributed by atoms with Gasteiger partial charge >= 0.3 is 0 Å². The van der Waals surface area contributed by atoms with E-state index >= 15 is 0 Å². The van der Waals surface area contributed by atoms with Gasteiger partial charge in [0.25, 0.3) is 11.6 Å². The van der Waals surface area contributed by atoms with Crippen molar-refractivity contribution < 1.29 is 14.5 Å². The molecule has 0 unspecified atom stereocenters. The van der Waals surface area contributed by atoms with Gasteiger partial charge in [0.15, 0.2) is 5.13 Å². The van der Waals surface area contributed by atoms with Crippen molar-refractivity contribution in [3.63, 3.8) is 0 Å². The molecule has 0 fully saturated rings. The maximum Gasteiger partial charge on any atom is 0.270 e. The Morgan fingerprint density at radius 3 is 2.80 bits per heavy atom. The summed E-state index contributed by atoms with van der Waals surface area (Å²) in [5.74, 6) is 0.315. The first-order chi connectivity index (χ1) is 14.5. The number of hydrogen-bond donors (Lipinski definition) is 0. The second-order valence-electron chi connectivity index (χ2n) is 6.39. The van der Waals surface area contributed by atoms with Crippen LogP contribution in [-0.2, 0) is 6.54 Å². The van der Waals surface area contributed by atoms with Crippen molar-refractivity contribution in [2.24, 2.45) is 0 Å². The van der Waals surface area contributed by atoms with Crippen LogP contribution in [0.4, 0.5) is 10.8 Å². The molecule has 0 N–H and O–H groups in total. The first kappa shape index (κ1) is 19.5. The van der Waals surface area contributed by atoms with E-state index in [9.17, 15) is 14.9 Å². The zero-order chi connectivity index (χ0) is 21.1. The third-order valence-corrected chi connectivity index (χ3v) is 5.47. The predicted molar refractivity (Wildman–Crippen MR) is 114 cm³/mol. The second kappa shape index (κ2) is 8.26. The van der Waals surface area contributed by atoms with Crippen molar-refractivity contribution in [2.75, 3.05) is 12.0 Å². The molecule has 8 nitrogen and oxygen atoms in total. The molecule has 2 heterocycles. The second-order valence-corrected chi connectivity index (χ2v) is 7.40. The topological polar surface area (TPSA) is 98.5 Å². The van der Waals surface area contributed by atoms with Gasteiger partial charge in [-0.05, 0) is 35.9 Å². The van der Waals surface area contributed by atoms with Crippen LogP contribution in [0.5, 0.6) is 5.75 Å². The van der Waals surface area contributed by atoms with Crippen LogP contribution in [0.3, 0.4) is 0 Å². The van der Waals surface area contributed by atoms with Gasteiger partial charge in [-0.3, -0.25) is 24.8 Å². The van der Waals surface area contributed by atoms with Gasteiger partial charge in [-0.25, -0.2) is 4.98 Å². The van der Waals surface area contributed by atoms with Crippen LogP contribution in [0.2, 0.25) is 0 Å². The smallest absolute Gasteiger partial charge is 0.270 e. The molecule has 0 radical (unpaired) electrons. The lowest BCUT2D eigenvalue weighted by atomic mass is 10.1. The molecule has 150 valence electrons. The monoisotopic (exact) mass is 420 g/mol.